The zero-order chi connectivity index (χ0) is 13.8. The summed E-state index contributed by atoms with van der Waals surface area (Å²) in [7, 11) is 0. The molecule has 0 aliphatic heterocycles. The van der Waals surface area contributed by atoms with Gasteiger partial charge in [-0.15, -0.1) is 0 Å². The van der Waals surface area contributed by atoms with Crippen LogP contribution in [0.5, 0.6) is 0 Å². The summed E-state index contributed by atoms with van der Waals surface area (Å²) >= 11 is 0. The molecule has 1 atom stereocenters. The first-order valence-corrected chi connectivity index (χ1v) is 6.06. The third-order valence-corrected chi connectivity index (χ3v) is 2.67. The summed E-state index contributed by atoms with van der Waals surface area (Å²) in [5.74, 6) is -0.317. The second-order valence-electron chi connectivity index (χ2n) is 5.62. The monoisotopic (exact) mass is 251 g/mol. The minimum absolute atomic E-state index is 0.118. The molecule has 0 bridgehead atoms. The summed E-state index contributed by atoms with van der Waals surface area (Å²) in [5, 5.41) is 12.2. The molecule has 0 saturated heterocycles. The van der Waals surface area contributed by atoms with Crippen molar-refractivity contribution in [2.75, 3.05) is 5.32 Å². The highest BCUT2D eigenvalue weighted by atomic mass is 16.4. The molecule has 100 valence electrons. The van der Waals surface area contributed by atoms with Gasteiger partial charge in [-0.2, -0.15) is 0 Å². The summed E-state index contributed by atoms with van der Waals surface area (Å²) in [4.78, 5) is 19.4. The van der Waals surface area contributed by atoms with Gasteiger partial charge in [0, 0.05) is 12.4 Å². The smallest absolute Gasteiger partial charge is 0.326 e. The van der Waals surface area contributed by atoms with E-state index in [2.05, 4.69) is 36.1 Å². The van der Waals surface area contributed by atoms with E-state index in [9.17, 15) is 9.90 Å². The number of aromatic nitrogens is 2. The summed E-state index contributed by atoms with van der Waals surface area (Å²) in [6, 6.07) is -0.625. The van der Waals surface area contributed by atoms with Crippen molar-refractivity contribution in [2.24, 2.45) is 5.41 Å². The number of rotatable bonds is 5. The van der Waals surface area contributed by atoms with Crippen molar-refractivity contribution in [3.63, 3.8) is 0 Å². The molecule has 5 nitrogen and oxygen atoms in total. The molecule has 0 fully saturated rings. The van der Waals surface area contributed by atoms with E-state index in [1.165, 1.54) is 0 Å². The Balaban J connectivity index is 2.70. The maximum atomic E-state index is 11.2. The fourth-order valence-corrected chi connectivity index (χ4v) is 1.55. The van der Waals surface area contributed by atoms with E-state index in [1.807, 2.05) is 0 Å². The highest BCUT2D eigenvalue weighted by Crippen LogP contribution is 2.23. The number of anilines is 1. The Morgan fingerprint density at radius 3 is 2.50 bits per heavy atom. The average Bonchev–Trinajstić information content (AvgIpc) is 2.24. The molecule has 1 aromatic rings. The van der Waals surface area contributed by atoms with E-state index < -0.39 is 12.0 Å². The molecule has 0 aliphatic rings. The number of carboxylic acid groups (broad SMARTS) is 1. The van der Waals surface area contributed by atoms with E-state index in [0.717, 1.165) is 6.42 Å². The van der Waals surface area contributed by atoms with E-state index in [-0.39, 0.29) is 5.41 Å². The summed E-state index contributed by atoms with van der Waals surface area (Å²) in [6.07, 6.45) is 4.54. The molecule has 0 spiro atoms. The number of hydrogen-bond acceptors (Lipinski definition) is 4. The standard InChI is InChI=1S/C13H21N3O2/c1-9-11(15-8-7-14-9)16-10(12(17)18)5-6-13(2,3)4/h7-8,10H,5-6H2,1-4H3,(H,15,16)(H,17,18)/t10-/m0/s1. The number of aliphatic carboxylic acids is 1. The Kier molecular flexibility index (Phi) is 4.64. The van der Waals surface area contributed by atoms with Crippen molar-refractivity contribution in [3.05, 3.63) is 18.1 Å². The van der Waals surface area contributed by atoms with Crippen LogP contribution in [0.3, 0.4) is 0 Å². The second kappa shape index (κ2) is 5.80. The lowest BCUT2D eigenvalue weighted by molar-refractivity contribution is -0.138. The van der Waals surface area contributed by atoms with Gasteiger partial charge in [0.05, 0.1) is 5.69 Å². The molecule has 1 rings (SSSR count). The minimum Gasteiger partial charge on any atom is -0.480 e. The zero-order valence-corrected chi connectivity index (χ0v) is 11.4. The lowest BCUT2D eigenvalue weighted by Crippen LogP contribution is -2.31. The van der Waals surface area contributed by atoms with Crippen LogP contribution in [0.4, 0.5) is 5.82 Å². The van der Waals surface area contributed by atoms with Crippen molar-refractivity contribution in [1.29, 1.82) is 0 Å². The molecule has 5 heteroatoms. The third-order valence-electron chi connectivity index (χ3n) is 2.67. The van der Waals surface area contributed by atoms with Crippen molar-refractivity contribution in [2.45, 2.75) is 46.6 Å². The molecule has 1 heterocycles. The number of carboxylic acids is 1. The van der Waals surface area contributed by atoms with Crippen LogP contribution in [-0.4, -0.2) is 27.1 Å². The molecule has 0 unspecified atom stereocenters. The Morgan fingerprint density at radius 1 is 1.39 bits per heavy atom. The SMILES string of the molecule is Cc1nccnc1N[C@@H](CCC(C)(C)C)C(=O)O. The number of nitrogens with zero attached hydrogens (tertiary/aromatic N) is 2. The van der Waals surface area contributed by atoms with Crippen LogP contribution in [0, 0.1) is 12.3 Å². The quantitative estimate of drug-likeness (QED) is 0.840. The second-order valence-corrected chi connectivity index (χ2v) is 5.62. The summed E-state index contributed by atoms with van der Waals surface area (Å²) in [5.41, 5.74) is 0.826. The number of nitrogens with one attached hydrogen (secondary N) is 1. The molecule has 2 N–H and O–H groups in total. The van der Waals surface area contributed by atoms with Gasteiger partial charge in [0.1, 0.15) is 11.9 Å². The predicted molar refractivity (Wildman–Crippen MR) is 70.5 cm³/mol. The first kappa shape index (κ1) is 14.4. The van der Waals surface area contributed by atoms with Gasteiger partial charge in [-0.05, 0) is 25.2 Å². The van der Waals surface area contributed by atoms with E-state index in [1.54, 1.807) is 19.3 Å². The molecular weight excluding hydrogens is 230 g/mol. The van der Waals surface area contributed by atoms with Crippen LogP contribution in [0.15, 0.2) is 12.4 Å². The summed E-state index contributed by atoms with van der Waals surface area (Å²) < 4.78 is 0. The van der Waals surface area contributed by atoms with E-state index in [4.69, 9.17) is 0 Å². The number of hydrogen-bond donors (Lipinski definition) is 2. The number of carbonyl (C=O) groups is 1. The van der Waals surface area contributed by atoms with E-state index in [0.29, 0.717) is 17.9 Å². The molecule has 0 saturated carbocycles. The van der Waals surface area contributed by atoms with Gasteiger partial charge in [-0.25, -0.2) is 9.78 Å². The normalized spacial score (nSPS) is 13.1. The third kappa shape index (κ3) is 4.69. The van der Waals surface area contributed by atoms with Gasteiger partial charge < -0.3 is 10.4 Å². The first-order valence-electron chi connectivity index (χ1n) is 6.06. The Morgan fingerprint density at radius 2 is 2.00 bits per heavy atom. The van der Waals surface area contributed by atoms with Crippen molar-refractivity contribution in [3.8, 4) is 0 Å². The Labute approximate surface area is 108 Å². The first-order chi connectivity index (χ1) is 8.29. The van der Waals surface area contributed by atoms with Gasteiger partial charge >= 0.3 is 5.97 Å². The van der Waals surface area contributed by atoms with Crippen LogP contribution in [0.1, 0.15) is 39.3 Å². The molecule has 0 amide bonds. The van der Waals surface area contributed by atoms with Gasteiger partial charge in [-0.3, -0.25) is 4.98 Å². The van der Waals surface area contributed by atoms with Crippen molar-refractivity contribution >= 4 is 11.8 Å². The van der Waals surface area contributed by atoms with Crippen LogP contribution >= 0.6 is 0 Å². The van der Waals surface area contributed by atoms with Gasteiger partial charge in [-0.1, -0.05) is 20.8 Å². The van der Waals surface area contributed by atoms with Crippen LogP contribution < -0.4 is 5.32 Å². The highest BCUT2D eigenvalue weighted by Gasteiger charge is 2.21. The van der Waals surface area contributed by atoms with Crippen LogP contribution in [0.25, 0.3) is 0 Å². The lowest BCUT2D eigenvalue weighted by Gasteiger charge is -2.22. The van der Waals surface area contributed by atoms with Crippen molar-refractivity contribution in [1.82, 2.24) is 9.97 Å². The minimum atomic E-state index is -0.857. The molecular formula is C13H21N3O2. The van der Waals surface area contributed by atoms with Gasteiger partial charge in [0.15, 0.2) is 0 Å². The molecule has 0 aliphatic carbocycles. The van der Waals surface area contributed by atoms with E-state index >= 15 is 0 Å². The van der Waals surface area contributed by atoms with Crippen molar-refractivity contribution < 1.29 is 9.90 Å². The lowest BCUT2D eigenvalue weighted by atomic mass is 9.88. The highest BCUT2D eigenvalue weighted by molar-refractivity contribution is 5.76. The van der Waals surface area contributed by atoms with Gasteiger partial charge in [0.2, 0.25) is 0 Å². The Hall–Kier alpha value is -1.65. The maximum absolute atomic E-state index is 11.2. The topological polar surface area (TPSA) is 75.1 Å². The average molecular weight is 251 g/mol. The molecule has 0 aromatic carbocycles. The fourth-order valence-electron chi connectivity index (χ4n) is 1.55. The molecule has 1 aromatic heterocycles. The predicted octanol–water partition coefficient (Wildman–Crippen LogP) is 2.48. The number of aryl methyl sites for hydroxylation is 1. The van der Waals surface area contributed by atoms with Gasteiger partial charge in [0.25, 0.3) is 0 Å². The Bertz CT molecular complexity index is 413. The zero-order valence-electron chi connectivity index (χ0n) is 11.4. The molecule has 0 radical (unpaired) electrons. The van der Waals surface area contributed by atoms with Crippen LogP contribution in [0.2, 0.25) is 0 Å². The maximum Gasteiger partial charge on any atom is 0.326 e. The summed E-state index contributed by atoms with van der Waals surface area (Å²) in [6.45, 7) is 8.09. The van der Waals surface area contributed by atoms with Crippen LogP contribution in [-0.2, 0) is 4.79 Å². The molecule has 18 heavy (non-hydrogen) atoms. The fraction of sp³-hybridized carbons (Fsp3) is 0.615. The largest absolute Gasteiger partial charge is 0.480 e.